The van der Waals surface area contributed by atoms with Gasteiger partial charge in [-0.3, -0.25) is 0 Å². The van der Waals surface area contributed by atoms with E-state index in [2.05, 4.69) is 48.3 Å². The average molecular weight is 420 g/mol. The molecule has 2 aromatic rings. The number of fused-ring (bicyclic) bond motifs is 1. The molecule has 0 saturated heterocycles. The van der Waals surface area contributed by atoms with Gasteiger partial charge in [-0.05, 0) is 42.3 Å². The van der Waals surface area contributed by atoms with Crippen molar-refractivity contribution < 1.29 is 14.3 Å². The van der Waals surface area contributed by atoms with Gasteiger partial charge in [-0.25, -0.2) is 4.79 Å². The molecular formula is C27H33NO3. The fourth-order valence-corrected chi connectivity index (χ4v) is 3.52. The van der Waals surface area contributed by atoms with E-state index in [-0.39, 0.29) is 5.97 Å². The molecule has 0 unspecified atom stereocenters. The molecule has 3 rings (SSSR count). The average Bonchev–Trinajstić information content (AvgIpc) is 2.74. The Morgan fingerprint density at radius 1 is 0.935 bits per heavy atom. The smallest absolute Gasteiger partial charge is 0.345 e. The van der Waals surface area contributed by atoms with Gasteiger partial charge in [0.15, 0.2) is 0 Å². The number of nitrogens with one attached hydrogen (secondary N) is 1. The monoisotopic (exact) mass is 419 g/mol. The summed E-state index contributed by atoms with van der Waals surface area (Å²) in [7, 11) is 0. The van der Waals surface area contributed by atoms with Crippen molar-refractivity contribution in [2.75, 3.05) is 5.32 Å². The van der Waals surface area contributed by atoms with Gasteiger partial charge in [-0.2, -0.15) is 0 Å². The normalized spacial score (nSPS) is 14.0. The van der Waals surface area contributed by atoms with Crippen LogP contribution in [0.25, 0.3) is 0 Å². The van der Waals surface area contributed by atoms with Crippen LogP contribution >= 0.6 is 0 Å². The number of ether oxygens (including phenoxy) is 2. The van der Waals surface area contributed by atoms with Crippen LogP contribution in [0.3, 0.4) is 0 Å². The first-order chi connectivity index (χ1) is 15.0. The molecule has 4 heteroatoms. The molecule has 0 aliphatic carbocycles. The Bertz CT molecular complexity index is 935. The second-order valence-electron chi connectivity index (χ2n) is 8.47. The third-order valence-electron chi connectivity index (χ3n) is 5.23. The number of hydrogen-bond acceptors (Lipinski definition) is 4. The molecule has 0 bridgehead atoms. The van der Waals surface area contributed by atoms with Crippen molar-refractivity contribution in [1.29, 1.82) is 0 Å². The zero-order valence-corrected chi connectivity index (χ0v) is 18.9. The number of unbranched alkanes of at least 4 members (excludes halogenated alkanes) is 6. The molecule has 1 aliphatic rings. The van der Waals surface area contributed by atoms with Crippen LogP contribution in [0.4, 0.5) is 5.69 Å². The molecular weight excluding hydrogens is 386 g/mol. The Hall–Kier alpha value is -2.93. The third kappa shape index (κ3) is 7.07. The Kier molecular flexibility index (Phi) is 8.00. The summed E-state index contributed by atoms with van der Waals surface area (Å²) in [5.41, 5.74) is 3.49. The lowest BCUT2D eigenvalue weighted by atomic mass is 10.1. The Balaban J connectivity index is 1.46. The highest BCUT2D eigenvalue weighted by Gasteiger charge is 2.33. The Morgan fingerprint density at radius 3 is 2.45 bits per heavy atom. The number of carbonyl (C=O) groups is 1. The van der Waals surface area contributed by atoms with Gasteiger partial charge in [0.25, 0.3) is 0 Å². The highest BCUT2D eigenvalue weighted by Crippen LogP contribution is 2.33. The van der Waals surface area contributed by atoms with Gasteiger partial charge < -0.3 is 14.8 Å². The summed E-state index contributed by atoms with van der Waals surface area (Å²) in [6.07, 6.45) is 8.75. The fraction of sp³-hybridized carbons (Fsp3) is 0.444. The topological polar surface area (TPSA) is 47.6 Å². The summed E-state index contributed by atoms with van der Waals surface area (Å²) in [4.78, 5) is 12.2. The van der Waals surface area contributed by atoms with Crippen molar-refractivity contribution in [3.05, 3.63) is 59.2 Å². The molecule has 0 atom stereocenters. The molecule has 1 heterocycles. The highest BCUT2D eigenvalue weighted by atomic mass is 16.7. The molecule has 0 amide bonds. The predicted molar refractivity (Wildman–Crippen MR) is 125 cm³/mol. The SMILES string of the molecule is CCCCCCCCC#Cc1ccc(CNc2ccc3c(c2)C(=O)OC(C)(C)O3)cc1. The molecule has 4 nitrogen and oxygen atoms in total. The van der Waals surface area contributed by atoms with Gasteiger partial charge in [0.05, 0.1) is 0 Å². The lowest BCUT2D eigenvalue weighted by Crippen LogP contribution is -2.38. The van der Waals surface area contributed by atoms with Gasteiger partial charge in [0.1, 0.15) is 11.3 Å². The standard InChI is InChI=1S/C27H33NO3/c1-4-5-6-7-8-9-10-11-12-21-13-15-22(16-14-21)20-28-23-17-18-25-24(19-23)26(29)31-27(2,3)30-25/h13-19,28H,4-10,20H2,1-3H3. The van der Waals surface area contributed by atoms with E-state index in [1.165, 1.54) is 38.5 Å². The first-order valence-electron chi connectivity index (χ1n) is 11.3. The van der Waals surface area contributed by atoms with Crippen LogP contribution in [0.15, 0.2) is 42.5 Å². The van der Waals surface area contributed by atoms with Crippen molar-refractivity contribution in [3.63, 3.8) is 0 Å². The summed E-state index contributed by atoms with van der Waals surface area (Å²) in [6.45, 7) is 6.35. The van der Waals surface area contributed by atoms with Crippen molar-refractivity contribution in [1.82, 2.24) is 0 Å². The van der Waals surface area contributed by atoms with Crippen molar-refractivity contribution in [3.8, 4) is 17.6 Å². The number of hydrogen-bond donors (Lipinski definition) is 1. The van der Waals surface area contributed by atoms with E-state index in [1.54, 1.807) is 19.9 Å². The second kappa shape index (κ2) is 10.9. The van der Waals surface area contributed by atoms with E-state index >= 15 is 0 Å². The van der Waals surface area contributed by atoms with Crippen molar-refractivity contribution in [2.45, 2.75) is 78.0 Å². The van der Waals surface area contributed by atoms with Gasteiger partial charge in [0, 0.05) is 38.1 Å². The molecule has 0 spiro atoms. The maximum atomic E-state index is 12.2. The molecule has 2 aromatic carbocycles. The summed E-state index contributed by atoms with van der Waals surface area (Å²) >= 11 is 0. The quantitative estimate of drug-likeness (QED) is 0.280. The first-order valence-corrected chi connectivity index (χ1v) is 11.3. The Labute approximate surface area is 186 Å². The molecule has 0 fully saturated rings. The van der Waals surface area contributed by atoms with Crippen molar-refractivity contribution in [2.24, 2.45) is 0 Å². The molecule has 1 aliphatic heterocycles. The summed E-state index contributed by atoms with van der Waals surface area (Å²) < 4.78 is 11.0. The number of carbonyl (C=O) groups excluding carboxylic acids is 1. The largest absolute Gasteiger partial charge is 0.452 e. The predicted octanol–water partition coefficient (Wildman–Crippen LogP) is 6.69. The second-order valence-corrected chi connectivity index (χ2v) is 8.47. The number of anilines is 1. The van der Waals surface area contributed by atoms with Crippen LogP contribution in [0, 0.1) is 11.8 Å². The molecule has 31 heavy (non-hydrogen) atoms. The number of cyclic esters (lactones) is 1. The van der Waals surface area contributed by atoms with Crippen LogP contribution in [0.5, 0.6) is 5.75 Å². The highest BCUT2D eigenvalue weighted by molar-refractivity contribution is 5.94. The van der Waals surface area contributed by atoms with E-state index in [0.29, 0.717) is 17.9 Å². The van der Waals surface area contributed by atoms with Gasteiger partial charge >= 0.3 is 5.97 Å². The molecule has 164 valence electrons. The summed E-state index contributed by atoms with van der Waals surface area (Å²) in [6, 6.07) is 13.8. The van der Waals surface area contributed by atoms with E-state index in [9.17, 15) is 4.79 Å². The fourth-order valence-electron chi connectivity index (χ4n) is 3.52. The molecule has 0 saturated carbocycles. The minimum atomic E-state index is -0.932. The van der Waals surface area contributed by atoms with E-state index in [1.807, 2.05) is 12.1 Å². The summed E-state index contributed by atoms with van der Waals surface area (Å²) in [5, 5.41) is 3.35. The number of benzene rings is 2. The minimum Gasteiger partial charge on any atom is -0.452 e. The van der Waals surface area contributed by atoms with Crippen LogP contribution in [0.2, 0.25) is 0 Å². The van der Waals surface area contributed by atoms with Crippen LogP contribution in [-0.4, -0.2) is 11.8 Å². The van der Waals surface area contributed by atoms with Gasteiger partial charge in [-0.15, -0.1) is 0 Å². The van der Waals surface area contributed by atoms with Crippen LogP contribution < -0.4 is 10.1 Å². The molecule has 0 radical (unpaired) electrons. The van der Waals surface area contributed by atoms with Crippen LogP contribution in [0.1, 0.15) is 87.2 Å². The molecule has 0 aromatic heterocycles. The van der Waals surface area contributed by atoms with E-state index in [0.717, 1.165) is 23.2 Å². The number of rotatable bonds is 9. The number of esters is 1. The minimum absolute atomic E-state index is 0.362. The third-order valence-corrected chi connectivity index (χ3v) is 5.23. The zero-order valence-electron chi connectivity index (χ0n) is 18.9. The van der Waals surface area contributed by atoms with Gasteiger partial charge in [0.2, 0.25) is 5.79 Å². The lowest BCUT2D eigenvalue weighted by Gasteiger charge is -2.31. The molecule has 1 N–H and O–H groups in total. The first kappa shape index (κ1) is 22.7. The zero-order chi connectivity index (χ0) is 22.1. The van der Waals surface area contributed by atoms with E-state index in [4.69, 9.17) is 9.47 Å². The summed E-state index contributed by atoms with van der Waals surface area (Å²) in [5.74, 6) is 5.80. The van der Waals surface area contributed by atoms with Crippen molar-refractivity contribution >= 4 is 11.7 Å². The maximum absolute atomic E-state index is 12.2. The lowest BCUT2D eigenvalue weighted by molar-refractivity contribution is -0.127. The Morgan fingerprint density at radius 2 is 1.68 bits per heavy atom. The van der Waals surface area contributed by atoms with Crippen LogP contribution in [-0.2, 0) is 11.3 Å². The van der Waals surface area contributed by atoms with Gasteiger partial charge in [-0.1, -0.05) is 63.0 Å². The van der Waals surface area contributed by atoms with E-state index < -0.39 is 5.79 Å². The maximum Gasteiger partial charge on any atom is 0.345 e.